The lowest BCUT2D eigenvalue weighted by Gasteiger charge is -2.37. The normalized spacial score (nSPS) is 17.7. The first-order valence-electron chi connectivity index (χ1n) is 14.6. The molecule has 0 radical (unpaired) electrons. The summed E-state index contributed by atoms with van der Waals surface area (Å²) in [5.41, 5.74) is 4.16. The minimum atomic E-state index is -0.871. The zero-order valence-electron chi connectivity index (χ0n) is 25.0. The molecule has 1 fully saturated rings. The number of carbonyl (C=O) groups is 3. The molecule has 1 saturated heterocycles. The maximum absolute atomic E-state index is 13.1. The van der Waals surface area contributed by atoms with Crippen molar-refractivity contribution in [3.05, 3.63) is 87.0 Å². The van der Waals surface area contributed by atoms with Gasteiger partial charge in [-0.25, -0.2) is 11.3 Å². The summed E-state index contributed by atoms with van der Waals surface area (Å²) in [5.74, 6) is 0.174. The molecule has 1 aliphatic carbocycles. The van der Waals surface area contributed by atoms with Gasteiger partial charge in [0.1, 0.15) is 0 Å². The Morgan fingerprint density at radius 1 is 1.05 bits per heavy atom. The third-order valence-corrected chi connectivity index (χ3v) is 8.68. The van der Waals surface area contributed by atoms with Crippen molar-refractivity contribution in [1.29, 1.82) is 0 Å². The molecule has 1 aromatic heterocycles. The summed E-state index contributed by atoms with van der Waals surface area (Å²) in [5, 5.41) is 21.6. The second kappa shape index (κ2) is 12.3. The average molecular weight is 584 g/mol. The van der Waals surface area contributed by atoms with E-state index in [1.54, 1.807) is 30.7 Å². The van der Waals surface area contributed by atoms with Crippen molar-refractivity contribution >= 4 is 17.7 Å². The Balaban J connectivity index is 1.62. The van der Waals surface area contributed by atoms with Gasteiger partial charge in [0.15, 0.2) is 5.82 Å². The van der Waals surface area contributed by atoms with Crippen LogP contribution >= 0.6 is 0 Å². The molecule has 0 bridgehead atoms. The lowest BCUT2D eigenvalue weighted by Crippen LogP contribution is -2.45. The van der Waals surface area contributed by atoms with Gasteiger partial charge in [0.2, 0.25) is 5.91 Å². The molecule has 224 valence electrons. The number of hydrogen-bond donors (Lipinski definition) is 3. The lowest BCUT2D eigenvalue weighted by molar-refractivity contribution is -0.130. The summed E-state index contributed by atoms with van der Waals surface area (Å²) in [6.07, 6.45) is 2.91. The lowest BCUT2D eigenvalue weighted by atomic mass is 9.67. The number of nitrogens with one attached hydrogen (secondary N) is 3. The summed E-state index contributed by atoms with van der Waals surface area (Å²) in [6, 6.07) is 11.3. The molecule has 12 nitrogen and oxygen atoms in total. The average Bonchev–Trinajstić information content (AvgIpc) is 3.67. The van der Waals surface area contributed by atoms with E-state index in [-0.39, 0.29) is 30.3 Å². The highest BCUT2D eigenvalue weighted by atomic mass is 16.2. The number of rotatable bonds is 8. The Labute approximate surface area is 251 Å². The van der Waals surface area contributed by atoms with Crippen LogP contribution in [0.5, 0.6) is 0 Å². The van der Waals surface area contributed by atoms with Crippen LogP contribution in [0.3, 0.4) is 0 Å². The first kappa shape index (κ1) is 29.8. The quantitative estimate of drug-likeness (QED) is 0.343. The van der Waals surface area contributed by atoms with Crippen LogP contribution in [0.25, 0.3) is 4.85 Å². The third-order valence-electron chi connectivity index (χ3n) is 8.68. The predicted octanol–water partition coefficient (Wildman–Crippen LogP) is 1.60. The summed E-state index contributed by atoms with van der Waals surface area (Å²) in [4.78, 5) is 43.6. The highest BCUT2D eigenvalue weighted by molar-refractivity contribution is 5.95. The molecule has 2 aliphatic rings. The molecular formula is C31H37N9O3. The van der Waals surface area contributed by atoms with Crippen LogP contribution in [0.4, 0.5) is 0 Å². The van der Waals surface area contributed by atoms with Gasteiger partial charge in [-0.2, -0.15) is 0 Å². The molecular weight excluding hydrogens is 546 g/mol. The Hall–Kier alpha value is -4.63. The molecule has 1 aliphatic heterocycles. The van der Waals surface area contributed by atoms with Crippen LogP contribution in [0.2, 0.25) is 0 Å². The number of tetrazole rings is 1. The molecule has 0 saturated carbocycles. The van der Waals surface area contributed by atoms with E-state index in [1.165, 1.54) is 0 Å². The molecule has 2 aromatic carbocycles. The van der Waals surface area contributed by atoms with Gasteiger partial charge in [-0.3, -0.25) is 24.1 Å². The number of aryl methyl sites for hydroxylation is 3. The van der Waals surface area contributed by atoms with E-state index in [2.05, 4.69) is 36.3 Å². The van der Waals surface area contributed by atoms with Gasteiger partial charge in [-0.05, 0) is 89.6 Å². The zero-order valence-corrected chi connectivity index (χ0v) is 25.0. The second-order valence-electron chi connectivity index (χ2n) is 11.3. The van der Waals surface area contributed by atoms with E-state index in [9.17, 15) is 14.4 Å². The first-order valence-corrected chi connectivity index (χ1v) is 14.6. The van der Waals surface area contributed by atoms with Crippen LogP contribution in [0, 0.1) is 6.57 Å². The van der Waals surface area contributed by atoms with Crippen molar-refractivity contribution in [1.82, 2.24) is 41.1 Å². The Morgan fingerprint density at radius 3 is 2.16 bits per heavy atom. The molecule has 3 amide bonds. The monoisotopic (exact) mass is 583 g/mol. The van der Waals surface area contributed by atoms with E-state index < -0.39 is 11.6 Å². The maximum atomic E-state index is 13.1. The fourth-order valence-corrected chi connectivity index (χ4v) is 6.63. The molecule has 43 heavy (non-hydrogen) atoms. The summed E-state index contributed by atoms with van der Waals surface area (Å²) < 4.78 is 1.67. The van der Waals surface area contributed by atoms with Crippen molar-refractivity contribution in [3.63, 3.8) is 0 Å². The molecule has 0 spiro atoms. The Bertz CT molecular complexity index is 1520. The van der Waals surface area contributed by atoms with Gasteiger partial charge in [-0.15, -0.1) is 5.10 Å². The van der Waals surface area contributed by atoms with E-state index in [1.807, 2.05) is 43.3 Å². The molecule has 0 unspecified atom stereocenters. The smallest absolute Gasteiger partial charge is 0.300 e. The molecule has 3 N–H and O–H groups in total. The minimum Gasteiger partial charge on any atom is -0.355 e. The number of aromatic nitrogens is 4. The number of amides is 3. The van der Waals surface area contributed by atoms with Crippen LogP contribution in [-0.4, -0.2) is 82.2 Å². The van der Waals surface area contributed by atoms with E-state index in [0.717, 1.165) is 28.7 Å². The number of hydrogen-bond acceptors (Lipinski definition) is 7. The van der Waals surface area contributed by atoms with Crippen LogP contribution < -0.4 is 16.0 Å². The van der Waals surface area contributed by atoms with Crippen molar-refractivity contribution in [2.45, 2.75) is 56.7 Å². The molecule has 5 rings (SSSR count). The molecule has 2 atom stereocenters. The Morgan fingerprint density at radius 2 is 1.65 bits per heavy atom. The number of carbonyl (C=O) groups excluding carboxylic acids is 3. The van der Waals surface area contributed by atoms with Gasteiger partial charge < -0.3 is 16.0 Å². The molecule has 2 heterocycles. The predicted molar refractivity (Wildman–Crippen MR) is 159 cm³/mol. The number of fused-ring (bicyclic) bond motifs is 2. The SMILES string of the molecule is [C-]#[N+][C@@H]1CCCN1C(=O)CN[C@@H](C)CC1(c2nnnn2C)c2ccc(C(=O)NC)cc2CCc2cc(C(=O)NC)ccc21. The van der Waals surface area contributed by atoms with Crippen LogP contribution in [0.15, 0.2) is 36.4 Å². The van der Waals surface area contributed by atoms with Gasteiger partial charge >= 0.3 is 6.17 Å². The number of likely N-dealkylation sites (tertiary alicyclic amines) is 1. The fraction of sp³-hybridized carbons (Fsp3) is 0.452. The maximum Gasteiger partial charge on any atom is 0.300 e. The fourth-order valence-electron chi connectivity index (χ4n) is 6.63. The second-order valence-corrected chi connectivity index (χ2v) is 11.3. The summed E-state index contributed by atoms with van der Waals surface area (Å²) in [6.45, 7) is 10.2. The highest BCUT2D eigenvalue weighted by Gasteiger charge is 2.46. The number of nitrogens with zero attached hydrogens (tertiary/aromatic N) is 6. The molecule has 12 heteroatoms. The van der Waals surface area contributed by atoms with Crippen LogP contribution in [-0.2, 0) is 30.1 Å². The van der Waals surface area contributed by atoms with Gasteiger partial charge in [0, 0.05) is 51.3 Å². The number of benzene rings is 2. The van der Waals surface area contributed by atoms with Crippen molar-refractivity contribution in [2.75, 3.05) is 27.2 Å². The van der Waals surface area contributed by atoms with Crippen LogP contribution in [0.1, 0.15) is 75.0 Å². The summed E-state index contributed by atoms with van der Waals surface area (Å²) >= 11 is 0. The largest absolute Gasteiger partial charge is 0.355 e. The first-order chi connectivity index (χ1) is 20.7. The van der Waals surface area contributed by atoms with Gasteiger partial charge in [-0.1, -0.05) is 12.1 Å². The minimum absolute atomic E-state index is 0.0909. The van der Waals surface area contributed by atoms with Gasteiger partial charge in [0.25, 0.3) is 11.8 Å². The Kier molecular flexibility index (Phi) is 8.54. The van der Waals surface area contributed by atoms with E-state index >= 15 is 0 Å². The van der Waals surface area contributed by atoms with Crippen molar-refractivity contribution in [3.8, 4) is 0 Å². The summed E-state index contributed by atoms with van der Waals surface area (Å²) in [7, 11) is 5.02. The van der Waals surface area contributed by atoms with E-state index in [4.69, 9.17) is 6.57 Å². The highest BCUT2D eigenvalue weighted by Crippen LogP contribution is 2.47. The standard InChI is InChI=1S/C31H37N9O3/c1-19(35-18-27(41)40-14-6-7-26(40)32-2)17-31(30-36-37-38-39(30)5)24-12-10-22(28(42)33-3)15-20(24)8-9-21-16-23(29(43)34-4)11-13-25(21)31/h10-13,15-16,19,26,35H,6-9,14,17-18H2,1,3-5H3,(H,33,42)(H,34,43)/t19-,26-/m0/s1. The zero-order chi connectivity index (χ0) is 30.7. The van der Waals surface area contributed by atoms with Gasteiger partial charge in [0.05, 0.1) is 12.0 Å². The van der Waals surface area contributed by atoms with Crippen molar-refractivity contribution < 1.29 is 14.4 Å². The topological polar surface area (TPSA) is 138 Å². The van der Waals surface area contributed by atoms with E-state index in [0.29, 0.717) is 49.2 Å². The third kappa shape index (κ3) is 5.48. The van der Waals surface area contributed by atoms with Crippen molar-refractivity contribution in [2.24, 2.45) is 7.05 Å². The molecule has 3 aromatic rings.